The minimum atomic E-state index is -0.939. The van der Waals surface area contributed by atoms with Crippen LogP contribution in [0.25, 0.3) is 0 Å². The third-order valence-corrected chi connectivity index (χ3v) is 3.60. The predicted octanol–water partition coefficient (Wildman–Crippen LogP) is 0.947. The first-order chi connectivity index (χ1) is 7.17. The van der Waals surface area contributed by atoms with Crippen molar-refractivity contribution in [3.8, 4) is 0 Å². The minimum absolute atomic E-state index is 0.304. The van der Waals surface area contributed by atoms with Gasteiger partial charge in [0, 0.05) is 23.1 Å². The summed E-state index contributed by atoms with van der Waals surface area (Å²) in [5, 5.41) is 9.76. The van der Waals surface area contributed by atoms with Crippen LogP contribution in [0.15, 0.2) is 24.3 Å². The van der Waals surface area contributed by atoms with E-state index in [1.807, 2.05) is 31.2 Å². The Hall–Kier alpha value is -0.710. The van der Waals surface area contributed by atoms with Gasteiger partial charge >= 0.3 is 0 Å². The molecule has 0 amide bonds. The molecule has 0 radical (unpaired) electrons. The van der Waals surface area contributed by atoms with Gasteiger partial charge in [0.05, 0.1) is 11.9 Å². The highest BCUT2D eigenvalue weighted by atomic mass is 32.2. The number of rotatable bonds is 5. The summed E-state index contributed by atoms with van der Waals surface area (Å²) in [4.78, 5) is 0. The Morgan fingerprint density at radius 2 is 2.00 bits per heavy atom. The molecule has 0 aliphatic heterocycles. The van der Waals surface area contributed by atoms with Gasteiger partial charge in [0.2, 0.25) is 0 Å². The average molecular weight is 227 g/mol. The van der Waals surface area contributed by atoms with Crippen LogP contribution < -0.4 is 5.73 Å². The topological polar surface area (TPSA) is 63.3 Å². The summed E-state index contributed by atoms with van der Waals surface area (Å²) in [5.74, 6) is 0.885. The van der Waals surface area contributed by atoms with E-state index < -0.39 is 16.9 Å². The van der Waals surface area contributed by atoms with Crippen LogP contribution in [0, 0.1) is 0 Å². The lowest BCUT2D eigenvalue weighted by Crippen LogP contribution is -2.10. The molecule has 0 aromatic heterocycles. The molecule has 3 N–H and O–H groups in total. The van der Waals surface area contributed by atoms with E-state index >= 15 is 0 Å². The number of hydrogen-bond acceptors (Lipinski definition) is 3. The van der Waals surface area contributed by atoms with Crippen LogP contribution in [0.5, 0.6) is 0 Å². The van der Waals surface area contributed by atoms with Crippen molar-refractivity contribution >= 4 is 10.8 Å². The molecular formula is C11H17NO2S. The van der Waals surface area contributed by atoms with Crippen LogP contribution in [-0.4, -0.2) is 20.8 Å². The summed E-state index contributed by atoms with van der Waals surface area (Å²) in [6, 6.07) is 7.43. The van der Waals surface area contributed by atoms with Crippen LogP contribution in [0.1, 0.15) is 24.2 Å². The van der Waals surface area contributed by atoms with Gasteiger partial charge in [0.25, 0.3) is 0 Å². The van der Waals surface area contributed by atoms with Gasteiger partial charge in [-0.05, 0) is 11.1 Å². The maximum atomic E-state index is 11.2. The lowest BCUT2D eigenvalue weighted by atomic mass is 10.1. The second kappa shape index (κ2) is 6.00. The zero-order chi connectivity index (χ0) is 11.3. The van der Waals surface area contributed by atoms with Crippen molar-refractivity contribution in [1.82, 2.24) is 0 Å². The summed E-state index contributed by atoms with van der Waals surface area (Å²) >= 11 is 0. The molecule has 0 fully saturated rings. The van der Waals surface area contributed by atoms with E-state index in [0.29, 0.717) is 18.1 Å². The van der Waals surface area contributed by atoms with Crippen molar-refractivity contribution in [1.29, 1.82) is 0 Å². The molecule has 0 saturated heterocycles. The predicted molar refractivity (Wildman–Crippen MR) is 62.8 cm³/mol. The molecule has 0 bridgehead atoms. The average Bonchev–Trinajstić information content (AvgIpc) is 2.29. The molecule has 0 aliphatic rings. The Labute approximate surface area is 92.8 Å². The summed E-state index contributed by atoms with van der Waals surface area (Å²) in [6.07, 6.45) is -0.641. The Kier molecular flexibility index (Phi) is 4.94. The van der Waals surface area contributed by atoms with E-state index in [1.165, 1.54) is 0 Å². The van der Waals surface area contributed by atoms with Gasteiger partial charge in [-0.2, -0.15) is 0 Å². The molecule has 4 heteroatoms. The van der Waals surface area contributed by atoms with Crippen molar-refractivity contribution < 1.29 is 9.32 Å². The molecule has 1 aromatic rings. The highest BCUT2D eigenvalue weighted by Crippen LogP contribution is 2.14. The molecule has 0 spiro atoms. The Morgan fingerprint density at radius 1 is 1.40 bits per heavy atom. The number of aliphatic hydroxyl groups is 1. The first kappa shape index (κ1) is 12.4. The zero-order valence-electron chi connectivity index (χ0n) is 8.85. The third kappa shape index (κ3) is 3.74. The molecule has 1 rings (SSSR count). The number of benzene rings is 1. The van der Waals surface area contributed by atoms with Crippen LogP contribution in [0.3, 0.4) is 0 Å². The van der Waals surface area contributed by atoms with E-state index in [0.717, 1.165) is 11.1 Å². The normalized spacial score (nSPS) is 14.9. The number of nitrogens with two attached hydrogens (primary N) is 1. The van der Waals surface area contributed by atoms with Crippen molar-refractivity contribution in [2.45, 2.75) is 19.6 Å². The van der Waals surface area contributed by atoms with Gasteiger partial charge in [-0.3, -0.25) is 4.21 Å². The molecule has 3 nitrogen and oxygen atoms in total. The van der Waals surface area contributed by atoms with Gasteiger partial charge in [0.15, 0.2) is 0 Å². The van der Waals surface area contributed by atoms with Crippen molar-refractivity contribution in [3.63, 3.8) is 0 Å². The molecule has 15 heavy (non-hydrogen) atoms. The summed E-state index contributed by atoms with van der Waals surface area (Å²) in [5.41, 5.74) is 7.30. The zero-order valence-corrected chi connectivity index (χ0v) is 9.67. The van der Waals surface area contributed by atoms with Gasteiger partial charge in [0.1, 0.15) is 0 Å². The fourth-order valence-corrected chi connectivity index (χ4v) is 2.05. The minimum Gasteiger partial charge on any atom is -0.387 e. The maximum Gasteiger partial charge on any atom is 0.0905 e. The lowest BCUT2D eigenvalue weighted by molar-refractivity contribution is 0.203. The van der Waals surface area contributed by atoms with E-state index in [-0.39, 0.29) is 0 Å². The summed E-state index contributed by atoms with van der Waals surface area (Å²) in [6.45, 7) is 2.34. The van der Waals surface area contributed by atoms with Gasteiger partial charge in [-0.1, -0.05) is 31.2 Å². The fraction of sp³-hybridized carbons (Fsp3) is 0.455. The van der Waals surface area contributed by atoms with Crippen molar-refractivity contribution in [2.24, 2.45) is 5.73 Å². The molecule has 0 heterocycles. The molecule has 0 saturated carbocycles. The third-order valence-electron chi connectivity index (χ3n) is 2.27. The van der Waals surface area contributed by atoms with E-state index in [9.17, 15) is 9.32 Å². The standard InChI is InChI=1S/C11H17NO2S/c1-2-15(14)8-11(13)10-5-3-9(7-12)4-6-10/h3-6,11,13H,2,7-8,12H2,1H3. The first-order valence-corrected chi connectivity index (χ1v) is 6.48. The van der Waals surface area contributed by atoms with Gasteiger partial charge in [-0.15, -0.1) is 0 Å². The number of hydrogen-bond donors (Lipinski definition) is 2. The summed E-state index contributed by atoms with van der Waals surface area (Å²) < 4.78 is 11.2. The first-order valence-electron chi connectivity index (χ1n) is 4.99. The molecule has 2 atom stereocenters. The molecule has 0 aliphatic carbocycles. The maximum absolute atomic E-state index is 11.2. The second-order valence-electron chi connectivity index (χ2n) is 3.36. The second-order valence-corrected chi connectivity index (χ2v) is 5.15. The van der Waals surface area contributed by atoms with Gasteiger partial charge in [-0.25, -0.2) is 0 Å². The fourth-order valence-electron chi connectivity index (χ4n) is 1.27. The van der Waals surface area contributed by atoms with Gasteiger partial charge < -0.3 is 10.8 Å². The monoisotopic (exact) mass is 227 g/mol. The van der Waals surface area contributed by atoms with E-state index in [2.05, 4.69) is 0 Å². The SMILES string of the molecule is CCS(=O)CC(O)c1ccc(CN)cc1. The Morgan fingerprint density at radius 3 is 2.47 bits per heavy atom. The summed E-state index contributed by atoms with van der Waals surface area (Å²) in [7, 11) is -0.939. The molecule has 1 aromatic carbocycles. The van der Waals surface area contributed by atoms with Crippen molar-refractivity contribution in [2.75, 3.05) is 11.5 Å². The van der Waals surface area contributed by atoms with Crippen LogP contribution in [0.4, 0.5) is 0 Å². The van der Waals surface area contributed by atoms with Crippen LogP contribution in [0.2, 0.25) is 0 Å². The smallest absolute Gasteiger partial charge is 0.0905 e. The number of aliphatic hydroxyl groups excluding tert-OH is 1. The molecular weight excluding hydrogens is 210 g/mol. The quantitative estimate of drug-likeness (QED) is 0.787. The molecule has 84 valence electrons. The lowest BCUT2D eigenvalue weighted by Gasteiger charge is -2.10. The van der Waals surface area contributed by atoms with E-state index in [4.69, 9.17) is 5.73 Å². The van der Waals surface area contributed by atoms with Crippen LogP contribution >= 0.6 is 0 Å². The highest BCUT2D eigenvalue weighted by Gasteiger charge is 2.10. The van der Waals surface area contributed by atoms with Crippen LogP contribution in [-0.2, 0) is 17.3 Å². The van der Waals surface area contributed by atoms with E-state index in [1.54, 1.807) is 0 Å². The molecule has 2 unspecified atom stereocenters. The largest absolute Gasteiger partial charge is 0.387 e. The van der Waals surface area contributed by atoms with Crippen molar-refractivity contribution in [3.05, 3.63) is 35.4 Å². The Balaban J connectivity index is 2.65. The highest BCUT2D eigenvalue weighted by molar-refractivity contribution is 7.84. The Bertz CT molecular complexity index is 324.